The van der Waals surface area contributed by atoms with Crippen LogP contribution < -0.4 is 10.6 Å². The van der Waals surface area contributed by atoms with E-state index in [9.17, 15) is 4.79 Å². The first-order chi connectivity index (χ1) is 13.2. The monoisotopic (exact) mass is 365 g/mol. The van der Waals surface area contributed by atoms with Gasteiger partial charge in [0.2, 0.25) is 0 Å². The minimum Gasteiger partial charge on any atom is -0.365 e. The minimum absolute atomic E-state index is 0.115. The molecule has 6 heteroatoms. The number of hydrogen-bond acceptors (Lipinski definition) is 4. The molecule has 6 rings (SSSR count). The van der Waals surface area contributed by atoms with Crippen molar-refractivity contribution in [3.05, 3.63) is 23.9 Å². The van der Waals surface area contributed by atoms with Crippen molar-refractivity contribution in [2.24, 2.45) is 23.7 Å². The number of hydrogen-bond donors (Lipinski definition) is 2. The van der Waals surface area contributed by atoms with Crippen molar-refractivity contribution < 1.29 is 4.79 Å². The van der Waals surface area contributed by atoms with Gasteiger partial charge in [-0.2, -0.15) is 5.26 Å². The first kappa shape index (κ1) is 16.9. The standard InChI is InChI=1S/C21H27N5O/c22-10-13-1-2-19(23-11-13)24-18-3-4-26(12-18)21(27)25-20-16-6-14-5-15(8-16)9-17(20)7-14/h1-2,11,14-18,20H,3-9,12H2,(H,23,24)(H,25,27). The lowest BCUT2D eigenvalue weighted by Gasteiger charge is -2.54. The Bertz CT molecular complexity index is 727. The van der Waals surface area contributed by atoms with Crippen molar-refractivity contribution >= 4 is 11.8 Å². The normalized spacial score (nSPS) is 36.5. The Balaban J connectivity index is 1.16. The highest BCUT2D eigenvalue weighted by atomic mass is 16.2. The molecule has 1 saturated heterocycles. The number of likely N-dealkylation sites (tertiary alicyclic amines) is 1. The van der Waals surface area contributed by atoms with Gasteiger partial charge in [-0.1, -0.05) is 0 Å². The van der Waals surface area contributed by atoms with Crippen molar-refractivity contribution in [1.82, 2.24) is 15.2 Å². The topological polar surface area (TPSA) is 81.0 Å². The molecule has 142 valence electrons. The number of amides is 2. The minimum atomic E-state index is 0.115. The van der Waals surface area contributed by atoms with Crippen LogP contribution in [0.3, 0.4) is 0 Å². The van der Waals surface area contributed by atoms with Crippen molar-refractivity contribution in [1.29, 1.82) is 5.26 Å². The number of urea groups is 1. The SMILES string of the molecule is N#Cc1ccc(NC2CCN(C(=O)NC3C4CC5CC(C4)CC3C5)C2)nc1. The number of anilines is 1. The van der Waals surface area contributed by atoms with Crippen LogP contribution in [0.2, 0.25) is 0 Å². The lowest BCUT2D eigenvalue weighted by atomic mass is 9.54. The quantitative estimate of drug-likeness (QED) is 0.863. The Hall–Kier alpha value is -2.29. The van der Waals surface area contributed by atoms with Crippen LogP contribution in [-0.2, 0) is 0 Å². The second-order valence-electron chi connectivity index (χ2n) is 9.03. The highest BCUT2D eigenvalue weighted by Gasteiger charge is 2.49. The number of pyridine rings is 1. The zero-order chi connectivity index (χ0) is 18.4. The highest BCUT2D eigenvalue weighted by molar-refractivity contribution is 5.75. The van der Waals surface area contributed by atoms with Gasteiger partial charge in [0.15, 0.2) is 0 Å². The molecule has 1 aromatic rings. The van der Waals surface area contributed by atoms with Crippen molar-refractivity contribution in [3.8, 4) is 6.07 Å². The Labute approximate surface area is 160 Å². The van der Waals surface area contributed by atoms with E-state index in [4.69, 9.17) is 5.26 Å². The first-order valence-electron chi connectivity index (χ1n) is 10.4. The smallest absolute Gasteiger partial charge is 0.317 e. The lowest BCUT2D eigenvalue weighted by molar-refractivity contribution is -0.0107. The third-order valence-corrected chi connectivity index (χ3v) is 7.24. The molecular formula is C21H27N5O. The van der Waals surface area contributed by atoms with Crippen molar-refractivity contribution in [3.63, 3.8) is 0 Å². The van der Waals surface area contributed by atoms with Crippen LogP contribution in [0.1, 0.15) is 44.1 Å². The summed E-state index contributed by atoms with van der Waals surface area (Å²) in [7, 11) is 0. The zero-order valence-corrected chi connectivity index (χ0v) is 15.6. The Kier molecular flexibility index (Phi) is 4.18. The van der Waals surface area contributed by atoms with Crippen molar-refractivity contribution in [2.75, 3.05) is 18.4 Å². The second-order valence-corrected chi connectivity index (χ2v) is 9.03. The van der Waals surface area contributed by atoms with E-state index in [1.807, 2.05) is 11.0 Å². The number of nitrogens with zero attached hydrogens (tertiary/aromatic N) is 3. The van der Waals surface area contributed by atoms with Crippen LogP contribution >= 0.6 is 0 Å². The third-order valence-electron chi connectivity index (χ3n) is 7.24. The van der Waals surface area contributed by atoms with Crippen LogP contribution in [0.5, 0.6) is 0 Å². The van der Waals surface area contributed by atoms with Crippen LogP contribution in [0.4, 0.5) is 10.6 Å². The Morgan fingerprint density at radius 2 is 1.89 bits per heavy atom. The maximum atomic E-state index is 12.9. The summed E-state index contributed by atoms with van der Waals surface area (Å²) < 4.78 is 0. The van der Waals surface area contributed by atoms with Gasteiger partial charge in [-0.3, -0.25) is 0 Å². The molecule has 6 nitrogen and oxygen atoms in total. The average molecular weight is 365 g/mol. The number of carbonyl (C=O) groups excluding carboxylic acids is 1. The summed E-state index contributed by atoms with van der Waals surface area (Å²) in [5.41, 5.74) is 0.559. The van der Waals surface area contributed by atoms with Gasteiger partial charge in [-0.25, -0.2) is 9.78 Å². The molecule has 5 aliphatic rings. The Morgan fingerprint density at radius 3 is 2.52 bits per heavy atom. The van der Waals surface area contributed by atoms with E-state index in [0.717, 1.165) is 30.6 Å². The van der Waals surface area contributed by atoms with E-state index in [1.54, 1.807) is 12.3 Å². The van der Waals surface area contributed by atoms with Crippen LogP contribution in [0, 0.1) is 35.0 Å². The number of carbonyl (C=O) groups is 1. The molecule has 0 aromatic carbocycles. The maximum Gasteiger partial charge on any atom is 0.317 e. The fourth-order valence-electron chi connectivity index (χ4n) is 6.21. The molecule has 1 atom stereocenters. The van der Waals surface area contributed by atoms with Gasteiger partial charge in [0.05, 0.1) is 5.56 Å². The zero-order valence-electron chi connectivity index (χ0n) is 15.6. The molecule has 4 bridgehead atoms. The average Bonchev–Trinajstić information content (AvgIpc) is 3.13. The predicted octanol–water partition coefficient (Wildman–Crippen LogP) is 2.97. The molecular weight excluding hydrogens is 338 g/mol. The van der Waals surface area contributed by atoms with Gasteiger partial charge in [0.25, 0.3) is 0 Å². The molecule has 2 N–H and O–H groups in total. The lowest BCUT2D eigenvalue weighted by Crippen LogP contribution is -2.57. The molecule has 2 amide bonds. The van der Waals surface area contributed by atoms with Gasteiger partial charge in [0.1, 0.15) is 11.9 Å². The summed E-state index contributed by atoms with van der Waals surface area (Å²) in [6, 6.07) is 6.41. The summed E-state index contributed by atoms with van der Waals surface area (Å²) in [5, 5.41) is 15.7. The van der Waals surface area contributed by atoms with Crippen LogP contribution in [0.25, 0.3) is 0 Å². The van der Waals surface area contributed by atoms with Gasteiger partial charge in [-0.05, 0) is 74.3 Å². The predicted molar refractivity (Wildman–Crippen MR) is 102 cm³/mol. The van der Waals surface area contributed by atoms with E-state index in [2.05, 4.69) is 21.7 Å². The molecule has 5 fully saturated rings. The summed E-state index contributed by atoms with van der Waals surface area (Å²) in [4.78, 5) is 19.1. The van der Waals surface area contributed by atoms with Gasteiger partial charge >= 0.3 is 6.03 Å². The van der Waals surface area contributed by atoms with Gasteiger partial charge < -0.3 is 15.5 Å². The molecule has 1 unspecified atom stereocenters. The summed E-state index contributed by atoms with van der Waals surface area (Å²) in [5.74, 6) is 4.05. The molecule has 4 saturated carbocycles. The maximum absolute atomic E-state index is 12.9. The Morgan fingerprint density at radius 1 is 1.15 bits per heavy atom. The highest BCUT2D eigenvalue weighted by Crippen LogP contribution is 2.53. The third kappa shape index (κ3) is 3.24. The molecule has 1 aliphatic heterocycles. The second kappa shape index (κ2) is 6.70. The molecule has 0 radical (unpaired) electrons. The number of nitriles is 1. The first-order valence-corrected chi connectivity index (χ1v) is 10.4. The molecule has 2 heterocycles. The van der Waals surface area contributed by atoms with Gasteiger partial charge in [-0.15, -0.1) is 0 Å². The van der Waals surface area contributed by atoms with E-state index < -0.39 is 0 Å². The molecule has 1 aromatic heterocycles. The van der Waals surface area contributed by atoms with E-state index in [1.165, 1.54) is 32.1 Å². The van der Waals surface area contributed by atoms with E-state index >= 15 is 0 Å². The fourth-order valence-corrected chi connectivity index (χ4v) is 6.21. The summed E-state index contributed by atoms with van der Waals surface area (Å²) >= 11 is 0. The largest absolute Gasteiger partial charge is 0.365 e. The molecule has 27 heavy (non-hydrogen) atoms. The molecule has 0 spiro atoms. The van der Waals surface area contributed by atoms with E-state index in [0.29, 0.717) is 30.0 Å². The fraction of sp³-hybridized carbons (Fsp3) is 0.667. The molecule has 4 aliphatic carbocycles. The van der Waals surface area contributed by atoms with Crippen LogP contribution in [-0.4, -0.2) is 41.1 Å². The number of aromatic nitrogens is 1. The van der Waals surface area contributed by atoms with Crippen LogP contribution in [0.15, 0.2) is 18.3 Å². The van der Waals surface area contributed by atoms with E-state index in [-0.39, 0.29) is 12.1 Å². The van der Waals surface area contributed by atoms with Crippen molar-refractivity contribution in [2.45, 2.75) is 50.6 Å². The number of rotatable bonds is 3. The summed E-state index contributed by atoms with van der Waals surface area (Å²) in [6.45, 7) is 1.49. The number of nitrogens with one attached hydrogen (secondary N) is 2. The summed E-state index contributed by atoms with van der Waals surface area (Å²) in [6.07, 6.45) is 9.25. The van der Waals surface area contributed by atoms with Gasteiger partial charge in [0, 0.05) is 31.4 Å².